The standard InChI is InChI=1S/C4H8O6S2/c5-11(6)2-1-4(3-11)10-12(7,8)9/h4H,1-3H2,(H,7,8,9)/t4-/m0/s1. The molecule has 0 radical (unpaired) electrons. The van der Waals surface area contributed by atoms with E-state index in [1.54, 1.807) is 0 Å². The minimum atomic E-state index is -4.52. The molecule has 0 saturated carbocycles. The number of rotatable bonds is 2. The SMILES string of the molecule is O=S1(=O)CC[C@H](OS(=O)(=O)O)C1. The molecule has 72 valence electrons. The van der Waals surface area contributed by atoms with Crippen molar-refractivity contribution in [1.29, 1.82) is 0 Å². The summed E-state index contributed by atoms with van der Waals surface area (Å²) in [6.45, 7) is 0. The second-order valence-electron chi connectivity index (χ2n) is 2.55. The summed E-state index contributed by atoms with van der Waals surface area (Å²) in [5.74, 6) is -0.431. The molecule has 0 amide bonds. The lowest BCUT2D eigenvalue weighted by atomic mass is 10.3. The molecule has 8 heteroatoms. The normalized spacial score (nSPS) is 28.9. The van der Waals surface area contributed by atoms with Gasteiger partial charge in [0.05, 0.1) is 17.6 Å². The average Bonchev–Trinajstić information content (AvgIpc) is 2.05. The lowest BCUT2D eigenvalue weighted by molar-refractivity contribution is 0.203. The molecule has 1 N–H and O–H groups in total. The van der Waals surface area contributed by atoms with Gasteiger partial charge in [-0.15, -0.1) is 0 Å². The van der Waals surface area contributed by atoms with E-state index >= 15 is 0 Å². The monoisotopic (exact) mass is 216 g/mol. The van der Waals surface area contributed by atoms with Crippen molar-refractivity contribution in [2.45, 2.75) is 12.5 Å². The number of sulfone groups is 1. The molecule has 0 aromatic heterocycles. The summed E-state index contributed by atoms with van der Waals surface area (Å²) < 4.78 is 54.1. The molecular formula is C4H8O6S2. The molecule has 6 nitrogen and oxygen atoms in total. The molecule has 0 aromatic carbocycles. The maximum Gasteiger partial charge on any atom is 0.397 e. The first-order chi connectivity index (χ1) is 5.29. The third-order valence-electron chi connectivity index (χ3n) is 1.45. The topological polar surface area (TPSA) is 97.7 Å². The first-order valence-corrected chi connectivity index (χ1v) is 6.33. The minimum Gasteiger partial charge on any atom is -0.264 e. The Hall–Kier alpha value is -0.180. The molecule has 0 unspecified atom stereocenters. The molecule has 0 spiro atoms. The van der Waals surface area contributed by atoms with Crippen LogP contribution in [0.5, 0.6) is 0 Å². The van der Waals surface area contributed by atoms with Gasteiger partial charge in [-0.1, -0.05) is 0 Å². The van der Waals surface area contributed by atoms with Crippen molar-refractivity contribution < 1.29 is 25.6 Å². The lowest BCUT2D eigenvalue weighted by Gasteiger charge is -2.03. The maximum atomic E-state index is 10.8. The molecule has 0 aromatic rings. The molecule has 0 aliphatic carbocycles. The van der Waals surface area contributed by atoms with Gasteiger partial charge in [0.25, 0.3) is 0 Å². The summed E-state index contributed by atoms with van der Waals surface area (Å²) in [7, 11) is -7.69. The second kappa shape index (κ2) is 2.95. The van der Waals surface area contributed by atoms with E-state index in [1.807, 2.05) is 0 Å². The van der Waals surface area contributed by atoms with Crippen LogP contribution in [-0.4, -0.2) is 39.0 Å². The van der Waals surface area contributed by atoms with E-state index in [2.05, 4.69) is 4.18 Å². The fourth-order valence-electron chi connectivity index (χ4n) is 1.01. The first-order valence-electron chi connectivity index (χ1n) is 3.15. The van der Waals surface area contributed by atoms with Crippen LogP contribution in [0.4, 0.5) is 0 Å². The van der Waals surface area contributed by atoms with Crippen molar-refractivity contribution >= 4 is 20.2 Å². The van der Waals surface area contributed by atoms with Gasteiger partial charge in [0.2, 0.25) is 0 Å². The van der Waals surface area contributed by atoms with Crippen molar-refractivity contribution in [1.82, 2.24) is 0 Å². The van der Waals surface area contributed by atoms with Crippen LogP contribution in [-0.2, 0) is 24.4 Å². The summed E-state index contributed by atoms with van der Waals surface area (Å²) in [6.07, 6.45) is -0.813. The Labute approximate surface area is 70.4 Å². The zero-order valence-electron chi connectivity index (χ0n) is 6.00. The third-order valence-corrected chi connectivity index (χ3v) is 3.70. The molecule has 0 bridgehead atoms. The molecule has 1 saturated heterocycles. The quantitative estimate of drug-likeness (QED) is 0.594. The molecule has 12 heavy (non-hydrogen) atoms. The maximum absolute atomic E-state index is 10.8. The van der Waals surface area contributed by atoms with Gasteiger partial charge in [-0.2, -0.15) is 8.42 Å². The van der Waals surface area contributed by atoms with Crippen LogP contribution in [0.1, 0.15) is 6.42 Å². The van der Waals surface area contributed by atoms with Gasteiger partial charge in [0, 0.05) is 0 Å². The highest BCUT2D eigenvalue weighted by Gasteiger charge is 2.31. The lowest BCUT2D eigenvalue weighted by Crippen LogP contribution is -2.18. The summed E-state index contributed by atoms with van der Waals surface area (Å²) >= 11 is 0. The third kappa shape index (κ3) is 3.05. The highest BCUT2D eigenvalue weighted by molar-refractivity contribution is 7.91. The van der Waals surface area contributed by atoms with Crippen molar-refractivity contribution in [3.8, 4) is 0 Å². The fraction of sp³-hybridized carbons (Fsp3) is 1.00. The molecule has 1 aliphatic heterocycles. The van der Waals surface area contributed by atoms with Crippen LogP contribution < -0.4 is 0 Å². The van der Waals surface area contributed by atoms with Crippen LogP contribution in [0.3, 0.4) is 0 Å². The zero-order valence-corrected chi connectivity index (χ0v) is 7.64. The average molecular weight is 216 g/mol. The Bertz CT molecular complexity index is 351. The van der Waals surface area contributed by atoms with E-state index in [4.69, 9.17) is 4.55 Å². The van der Waals surface area contributed by atoms with E-state index in [-0.39, 0.29) is 17.9 Å². The number of hydrogen-bond acceptors (Lipinski definition) is 5. The van der Waals surface area contributed by atoms with Gasteiger partial charge < -0.3 is 0 Å². The summed E-state index contributed by atoms with van der Waals surface area (Å²) in [6, 6.07) is 0. The van der Waals surface area contributed by atoms with Crippen molar-refractivity contribution in [3.05, 3.63) is 0 Å². The predicted molar refractivity (Wildman–Crippen MR) is 39.7 cm³/mol. The molecule has 1 atom stereocenters. The van der Waals surface area contributed by atoms with Crippen molar-refractivity contribution in [2.75, 3.05) is 11.5 Å². The Kier molecular flexibility index (Phi) is 2.43. The van der Waals surface area contributed by atoms with Crippen LogP contribution in [0.15, 0.2) is 0 Å². The summed E-state index contributed by atoms with van der Waals surface area (Å²) in [5, 5.41) is 0. The van der Waals surface area contributed by atoms with Crippen LogP contribution in [0, 0.1) is 0 Å². The minimum absolute atomic E-state index is 0.0901. The van der Waals surface area contributed by atoms with Gasteiger partial charge in [-0.3, -0.25) is 4.55 Å². The van der Waals surface area contributed by atoms with Crippen molar-refractivity contribution in [2.24, 2.45) is 0 Å². The Balaban J connectivity index is 2.61. The van der Waals surface area contributed by atoms with Crippen LogP contribution in [0.2, 0.25) is 0 Å². The van der Waals surface area contributed by atoms with Gasteiger partial charge in [-0.25, -0.2) is 12.6 Å². The molecule has 1 rings (SSSR count). The van der Waals surface area contributed by atoms with Gasteiger partial charge in [0.1, 0.15) is 0 Å². The molecule has 1 fully saturated rings. The largest absolute Gasteiger partial charge is 0.397 e. The van der Waals surface area contributed by atoms with Gasteiger partial charge in [-0.05, 0) is 6.42 Å². The highest BCUT2D eigenvalue weighted by Crippen LogP contribution is 2.15. The highest BCUT2D eigenvalue weighted by atomic mass is 32.3. The second-order valence-corrected chi connectivity index (χ2v) is 5.83. The Morgan fingerprint density at radius 2 is 2.00 bits per heavy atom. The molecule has 1 heterocycles. The van der Waals surface area contributed by atoms with E-state index in [9.17, 15) is 16.8 Å². The van der Waals surface area contributed by atoms with E-state index < -0.39 is 26.3 Å². The van der Waals surface area contributed by atoms with Crippen LogP contribution in [0.25, 0.3) is 0 Å². The van der Waals surface area contributed by atoms with Gasteiger partial charge in [0.15, 0.2) is 9.84 Å². The Morgan fingerprint density at radius 3 is 2.33 bits per heavy atom. The van der Waals surface area contributed by atoms with E-state index in [1.165, 1.54) is 0 Å². The van der Waals surface area contributed by atoms with Gasteiger partial charge >= 0.3 is 10.4 Å². The predicted octanol–water partition coefficient (Wildman–Crippen LogP) is -1.01. The Morgan fingerprint density at radius 1 is 1.42 bits per heavy atom. The van der Waals surface area contributed by atoms with E-state index in [0.717, 1.165) is 0 Å². The zero-order chi connectivity index (χ0) is 9.41. The summed E-state index contributed by atoms with van der Waals surface area (Å²) in [5.41, 5.74) is 0. The first kappa shape index (κ1) is 9.90. The summed E-state index contributed by atoms with van der Waals surface area (Å²) in [4.78, 5) is 0. The number of hydrogen-bond donors (Lipinski definition) is 1. The molecular weight excluding hydrogens is 208 g/mol. The molecule has 1 aliphatic rings. The van der Waals surface area contributed by atoms with Crippen molar-refractivity contribution in [3.63, 3.8) is 0 Å². The fourth-order valence-corrected chi connectivity index (χ4v) is 3.19. The van der Waals surface area contributed by atoms with E-state index in [0.29, 0.717) is 0 Å². The smallest absolute Gasteiger partial charge is 0.264 e. The van der Waals surface area contributed by atoms with Crippen LogP contribution >= 0.6 is 0 Å².